The minimum Gasteiger partial charge on any atom is -0.507 e. The van der Waals surface area contributed by atoms with Crippen molar-refractivity contribution < 1.29 is 28.9 Å². The Bertz CT molecular complexity index is 1400. The van der Waals surface area contributed by atoms with Gasteiger partial charge in [0.1, 0.15) is 23.0 Å². The summed E-state index contributed by atoms with van der Waals surface area (Å²) in [5, 5.41) is 11.7. The monoisotopic (exact) mass is 529 g/mol. The van der Waals surface area contributed by atoms with Crippen molar-refractivity contribution in [2.24, 2.45) is 0 Å². The highest BCUT2D eigenvalue weighted by atomic mass is 16.5. The number of ether oxygens (including phenoxy) is 3. The van der Waals surface area contributed by atoms with Crippen LogP contribution in [0.2, 0.25) is 0 Å². The molecule has 1 N–H and O–H groups in total. The Balaban J connectivity index is 1.94. The first-order chi connectivity index (χ1) is 18.5. The SMILES string of the molecule is COc1ccc(N2C(=O)C(=O)/C(=C(/O)c3cc(C(C)(C)C)ccc3OC)C2c2ccc(OC(C)C)cc2)cc1. The summed E-state index contributed by atoms with van der Waals surface area (Å²) in [7, 11) is 3.06. The van der Waals surface area contributed by atoms with E-state index in [1.54, 1.807) is 61.7 Å². The van der Waals surface area contributed by atoms with Crippen LogP contribution in [0.4, 0.5) is 5.69 Å². The summed E-state index contributed by atoms with van der Waals surface area (Å²) >= 11 is 0. The third-order valence-electron chi connectivity index (χ3n) is 6.68. The van der Waals surface area contributed by atoms with Crippen molar-refractivity contribution in [2.75, 3.05) is 19.1 Å². The lowest BCUT2D eigenvalue weighted by Gasteiger charge is -2.26. The number of aliphatic hydroxyl groups excluding tert-OH is 1. The molecule has 0 spiro atoms. The summed E-state index contributed by atoms with van der Waals surface area (Å²) in [4.78, 5) is 28.5. The first-order valence-corrected chi connectivity index (χ1v) is 12.9. The predicted molar refractivity (Wildman–Crippen MR) is 152 cm³/mol. The molecule has 1 unspecified atom stereocenters. The molecule has 1 amide bonds. The molecule has 0 aliphatic carbocycles. The summed E-state index contributed by atoms with van der Waals surface area (Å²) in [6, 6.07) is 18.7. The van der Waals surface area contributed by atoms with Crippen molar-refractivity contribution in [2.45, 2.75) is 52.2 Å². The highest BCUT2D eigenvalue weighted by molar-refractivity contribution is 6.51. The van der Waals surface area contributed by atoms with Crippen LogP contribution >= 0.6 is 0 Å². The van der Waals surface area contributed by atoms with Gasteiger partial charge in [0.2, 0.25) is 0 Å². The first kappa shape index (κ1) is 27.8. The Morgan fingerprint density at radius 3 is 2.03 bits per heavy atom. The molecule has 1 aliphatic heterocycles. The second-order valence-electron chi connectivity index (χ2n) is 10.8. The topological polar surface area (TPSA) is 85.3 Å². The van der Waals surface area contributed by atoms with Crippen LogP contribution in [-0.4, -0.2) is 37.1 Å². The predicted octanol–water partition coefficient (Wildman–Crippen LogP) is 6.41. The Morgan fingerprint density at radius 2 is 1.49 bits per heavy atom. The van der Waals surface area contributed by atoms with Gasteiger partial charge in [0, 0.05) is 5.69 Å². The summed E-state index contributed by atoms with van der Waals surface area (Å²) < 4.78 is 16.6. The standard InChI is InChI=1S/C32H35NO6/c1-19(2)39-24-13-8-20(9-14-24)28-27(29(34)25-18-21(32(3,4)5)10-17-26(25)38-7)30(35)31(36)33(28)22-11-15-23(37-6)16-12-22/h8-19,28,34H,1-7H3/b29-27+. The molecule has 1 heterocycles. The number of Topliss-reactive ketones (excluding diaryl/α,β-unsaturated/α-hetero) is 1. The van der Waals surface area contributed by atoms with Gasteiger partial charge < -0.3 is 19.3 Å². The molecule has 4 rings (SSSR count). The van der Waals surface area contributed by atoms with Crippen LogP contribution in [-0.2, 0) is 15.0 Å². The third-order valence-corrected chi connectivity index (χ3v) is 6.68. The van der Waals surface area contributed by atoms with E-state index in [4.69, 9.17) is 14.2 Å². The molecule has 3 aromatic carbocycles. The number of rotatable bonds is 7. The van der Waals surface area contributed by atoms with Crippen molar-refractivity contribution in [1.29, 1.82) is 0 Å². The number of anilines is 1. The number of ketones is 1. The Morgan fingerprint density at radius 1 is 0.872 bits per heavy atom. The lowest BCUT2D eigenvalue weighted by molar-refractivity contribution is -0.132. The molecule has 1 atom stereocenters. The van der Waals surface area contributed by atoms with Gasteiger partial charge in [-0.15, -0.1) is 0 Å². The van der Waals surface area contributed by atoms with Crippen LogP contribution in [0.15, 0.2) is 72.3 Å². The minimum atomic E-state index is -0.880. The van der Waals surface area contributed by atoms with Crippen LogP contribution in [0.25, 0.3) is 5.76 Å². The quantitative estimate of drug-likeness (QED) is 0.216. The largest absolute Gasteiger partial charge is 0.507 e. The van der Waals surface area contributed by atoms with Gasteiger partial charge in [0.05, 0.1) is 37.5 Å². The molecule has 3 aromatic rings. The van der Waals surface area contributed by atoms with Gasteiger partial charge in [-0.2, -0.15) is 0 Å². The summed E-state index contributed by atoms with van der Waals surface area (Å²) in [6.45, 7) is 10.0. The highest BCUT2D eigenvalue weighted by Gasteiger charge is 2.47. The van der Waals surface area contributed by atoms with E-state index in [-0.39, 0.29) is 22.9 Å². The number of carbonyl (C=O) groups is 2. The van der Waals surface area contributed by atoms with Gasteiger partial charge in [0.25, 0.3) is 11.7 Å². The molecule has 0 bridgehead atoms. The van der Waals surface area contributed by atoms with Crippen LogP contribution in [0.1, 0.15) is 57.4 Å². The number of amides is 1. The van der Waals surface area contributed by atoms with E-state index in [0.717, 1.165) is 5.56 Å². The molecule has 1 aliphatic rings. The fourth-order valence-corrected chi connectivity index (χ4v) is 4.66. The van der Waals surface area contributed by atoms with Crippen LogP contribution in [0.5, 0.6) is 17.2 Å². The number of nitrogens with zero attached hydrogens (tertiary/aromatic N) is 1. The molecule has 39 heavy (non-hydrogen) atoms. The zero-order chi connectivity index (χ0) is 28.5. The lowest BCUT2D eigenvalue weighted by Crippen LogP contribution is -2.29. The minimum absolute atomic E-state index is 0.0108. The zero-order valence-corrected chi connectivity index (χ0v) is 23.4. The third kappa shape index (κ3) is 5.48. The molecule has 0 aromatic heterocycles. The van der Waals surface area contributed by atoms with E-state index in [9.17, 15) is 14.7 Å². The van der Waals surface area contributed by atoms with E-state index in [0.29, 0.717) is 34.1 Å². The summed E-state index contributed by atoms with van der Waals surface area (Å²) in [5.74, 6) is -0.130. The molecule has 0 radical (unpaired) electrons. The molecular weight excluding hydrogens is 494 g/mol. The van der Waals surface area contributed by atoms with Gasteiger partial charge in [-0.05, 0) is 78.9 Å². The van der Waals surface area contributed by atoms with Gasteiger partial charge in [-0.25, -0.2) is 0 Å². The highest BCUT2D eigenvalue weighted by Crippen LogP contribution is 2.44. The molecule has 1 fully saturated rings. The van der Waals surface area contributed by atoms with E-state index < -0.39 is 17.7 Å². The van der Waals surface area contributed by atoms with E-state index in [1.807, 2.05) is 26.0 Å². The number of carbonyl (C=O) groups excluding carboxylic acids is 2. The van der Waals surface area contributed by atoms with Gasteiger partial charge in [0.15, 0.2) is 0 Å². The van der Waals surface area contributed by atoms with Crippen LogP contribution in [0.3, 0.4) is 0 Å². The van der Waals surface area contributed by atoms with Crippen molar-refractivity contribution in [1.82, 2.24) is 0 Å². The van der Waals surface area contributed by atoms with Crippen LogP contribution in [0, 0.1) is 0 Å². The smallest absolute Gasteiger partial charge is 0.300 e. The molecule has 204 valence electrons. The molecule has 7 heteroatoms. The van der Waals surface area contributed by atoms with E-state index in [2.05, 4.69) is 20.8 Å². The molecule has 0 saturated carbocycles. The van der Waals surface area contributed by atoms with Gasteiger partial charge in [-0.1, -0.05) is 39.0 Å². The average Bonchev–Trinajstić information content (AvgIpc) is 3.17. The first-order valence-electron chi connectivity index (χ1n) is 12.9. The number of hydrogen-bond acceptors (Lipinski definition) is 6. The number of methoxy groups -OCH3 is 2. The Labute approximate surface area is 229 Å². The van der Waals surface area contributed by atoms with Crippen molar-refractivity contribution in [3.05, 3.63) is 89.0 Å². The normalized spacial score (nSPS) is 17.0. The van der Waals surface area contributed by atoms with Crippen molar-refractivity contribution >= 4 is 23.1 Å². The second-order valence-corrected chi connectivity index (χ2v) is 10.8. The van der Waals surface area contributed by atoms with Gasteiger partial charge >= 0.3 is 0 Å². The van der Waals surface area contributed by atoms with E-state index in [1.165, 1.54) is 12.0 Å². The number of aliphatic hydroxyl groups is 1. The van der Waals surface area contributed by atoms with Crippen LogP contribution < -0.4 is 19.1 Å². The van der Waals surface area contributed by atoms with Gasteiger partial charge in [-0.3, -0.25) is 14.5 Å². The maximum Gasteiger partial charge on any atom is 0.300 e. The Hall–Kier alpha value is -4.26. The Kier molecular flexibility index (Phi) is 7.72. The number of hydrogen-bond donors (Lipinski definition) is 1. The lowest BCUT2D eigenvalue weighted by atomic mass is 9.85. The number of benzene rings is 3. The fraction of sp³-hybridized carbons (Fsp3) is 0.312. The maximum absolute atomic E-state index is 13.6. The molecule has 1 saturated heterocycles. The fourth-order valence-electron chi connectivity index (χ4n) is 4.66. The molecule has 7 nitrogen and oxygen atoms in total. The van der Waals surface area contributed by atoms with Crippen molar-refractivity contribution in [3.63, 3.8) is 0 Å². The van der Waals surface area contributed by atoms with E-state index >= 15 is 0 Å². The average molecular weight is 530 g/mol. The second kappa shape index (κ2) is 10.8. The molecular formula is C32H35NO6. The maximum atomic E-state index is 13.6. The summed E-state index contributed by atoms with van der Waals surface area (Å²) in [5.41, 5.74) is 2.21. The zero-order valence-electron chi connectivity index (χ0n) is 23.4. The summed E-state index contributed by atoms with van der Waals surface area (Å²) in [6.07, 6.45) is -0.0108. The van der Waals surface area contributed by atoms with Crippen molar-refractivity contribution in [3.8, 4) is 17.2 Å².